The number of halogens is 1. The Labute approximate surface area is 202 Å². The van der Waals surface area contributed by atoms with Crippen molar-refractivity contribution in [2.45, 2.75) is 38.5 Å². The molecule has 0 fully saturated rings. The average molecular weight is 515 g/mol. The van der Waals surface area contributed by atoms with Crippen LogP contribution in [0.15, 0.2) is 18.2 Å². The van der Waals surface area contributed by atoms with Gasteiger partial charge in [-0.15, -0.1) is 11.3 Å². The number of carbonyl (C=O) groups excluding carboxylic acids is 2. The molecule has 1 amide bonds. The normalized spacial score (nSPS) is 13.2. The lowest BCUT2D eigenvalue weighted by Gasteiger charge is -2.23. The number of fused-ring (bicyclic) bond motifs is 1. The summed E-state index contributed by atoms with van der Waals surface area (Å²) in [6, 6.07) is 4.71. The molecule has 1 aromatic heterocycles. The van der Waals surface area contributed by atoms with Crippen molar-refractivity contribution >= 4 is 55.5 Å². The predicted molar refractivity (Wildman–Crippen MR) is 130 cm³/mol. The maximum absolute atomic E-state index is 12.6. The monoisotopic (exact) mass is 514 g/mol. The molecule has 0 aliphatic heterocycles. The molecule has 33 heavy (non-hydrogen) atoms. The second-order valence-electron chi connectivity index (χ2n) is 7.71. The predicted octanol–water partition coefficient (Wildman–Crippen LogP) is 4.26. The molecule has 3 rings (SSSR count). The minimum atomic E-state index is -3.59. The molecular formula is C22H27ClN2O6S2. The minimum absolute atomic E-state index is 0.0824. The molecule has 1 aromatic carbocycles. The second kappa shape index (κ2) is 10.8. The average Bonchev–Trinajstić information content (AvgIpc) is 3.13. The number of benzene rings is 1. The van der Waals surface area contributed by atoms with E-state index < -0.39 is 16.0 Å². The molecular weight excluding hydrogens is 488 g/mol. The van der Waals surface area contributed by atoms with Gasteiger partial charge in [0.1, 0.15) is 10.8 Å². The summed E-state index contributed by atoms with van der Waals surface area (Å²) in [5, 5.41) is 3.62. The van der Waals surface area contributed by atoms with Crippen LogP contribution in [0.1, 0.15) is 46.5 Å². The smallest absolute Gasteiger partial charge is 0.341 e. The molecule has 0 radical (unpaired) electrons. The number of thiophene rings is 1. The number of methoxy groups -OCH3 is 2. The van der Waals surface area contributed by atoms with Crippen molar-refractivity contribution in [2.75, 3.05) is 36.6 Å². The van der Waals surface area contributed by atoms with Gasteiger partial charge in [0, 0.05) is 17.8 Å². The standard InChI is InChI=1S/C22H27ClN2O6S2/c1-30-17-11-10-14(13-16(17)23)25(33(3,28)29)12-6-9-19(26)24-21-20(22(27)31-2)15-7-4-5-8-18(15)32-21/h10-11,13H,4-9,12H2,1-3H3,(H,24,26). The fourth-order valence-electron chi connectivity index (χ4n) is 3.84. The van der Waals surface area contributed by atoms with Crippen molar-refractivity contribution in [3.05, 3.63) is 39.2 Å². The minimum Gasteiger partial charge on any atom is -0.495 e. The highest BCUT2D eigenvalue weighted by Crippen LogP contribution is 2.38. The van der Waals surface area contributed by atoms with Crippen LogP contribution in [0.25, 0.3) is 0 Å². The zero-order chi connectivity index (χ0) is 24.2. The molecule has 0 atom stereocenters. The van der Waals surface area contributed by atoms with Crippen molar-refractivity contribution in [2.24, 2.45) is 0 Å². The van der Waals surface area contributed by atoms with Crippen molar-refractivity contribution in [3.63, 3.8) is 0 Å². The molecule has 1 heterocycles. The highest BCUT2D eigenvalue weighted by molar-refractivity contribution is 7.92. The second-order valence-corrected chi connectivity index (χ2v) is 11.1. The van der Waals surface area contributed by atoms with E-state index in [9.17, 15) is 18.0 Å². The maximum Gasteiger partial charge on any atom is 0.341 e. The van der Waals surface area contributed by atoms with Crippen LogP contribution in [-0.2, 0) is 32.4 Å². The van der Waals surface area contributed by atoms with Gasteiger partial charge in [-0.3, -0.25) is 9.10 Å². The lowest BCUT2D eigenvalue weighted by molar-refractivity contribution is -0.116. The first kappa shape index (κ1) is 25.3. The number of aryl methyl sites for hydroxylation is 1. The van der Waals surface area contributed by atoms with E-state index in [0.717, 1.165) is 42.4 Å². The summed E-state index contributed by atoms with van der Waals surface area (Å²) in [6.45, 7) is 0.0969. The van der Waals surface area contributed by atoms with Crippen LogP contribution in [0.5, 0.6) is 5.75 Å². The van der Waals surface area contributed by atoms with Crippen LogP contribution in [-0.4, -0.2) is 47.3 Å². The zero-order valence-electron chi connectivity index (χ0n) is 18.8. The van der Waals surface area contributed by atoms with Crippen molar-refractivity contribution in [1.82, 2.24) is 0 Å². The van der Waals surface area contributed by atoms with E-state index in [1.54, 1.807) is 12.1 Å². The maximum atomic E-state index is 12.6. The van der Waals surface area contributed by atoms with E-state index in [-0.39, 0.29) is 25.3 Å². The van der Waals surface area contributed by atoms with Gasteiger partial charge in [0.05, 0.1) is 36.7 Å². The summed E-state index contributed by atoms with van der Waals surface area (Å²) < 4.78 is 35.9. The van der Waals surface area contributed by atoms with E-state index in [1.165, 1.54) is 35.9 Å². The fraction of sp³-hybridized carbons (Fsp3) is 0.455. The first-order valence-electron chi connectivity index (χ1n) is 10.5. The first-order chi connectivity index (χ1) is 15.7. The lowest BCUT2D eigenvalue weighted by atomic mass is 9.95. The van der Waals surface area contributed by atoms with Crippen LogP contribution in [0.3, 0.4) is 0 Å². The largest absolute Gasteiger partial charge is 0.495 e. The van der Waals surface area contributed by atoms with E-state index in [4.69, 9.17) is 21.1 Å². The van der Waals surface area contributed by atoms with E-state index >= 15 is 0 Å². The quantitative estimate of drug-likeness (QED) is 0.502. The summed E-state index contributed by atoms with van der Waals surface area (Å²) in [5.74, 6) is -0.308. The SMILES string of the molecule is COC(=O)c1c(NC(=O)CCCN(c2ccc(OC)c(Cl)c2)S(C)(=O)=O)sc2c1CCCC2. The Morgan fingerprint density at radius 3 is 2.58 bits per heavy atom. The molecule has 1 aliphatic rings. The molecule has 180 valence electrons. The Balaban J connectivity index is 1.68. The molecule has 0 bridgehead atoms. The van der Waals surface area contributed by atoms with Crippen molar-refractivity contribution in [3.8, 4) is 5.75 Å². The van der Waals surface area contributed by atoms with Gasteiger partial charge < -0.3 is 14.8 Å². The van der Waals surface area contributed by atoms with Gasteiger partial charge in [-0.2, -0.15) is 0 Å². The molecule has 2 aromatic rings. The van der Waals surface area contributed by atoms with Crippen LogP contribution in [0.4, 0.5) is 10.7 Å². The number of hydrogen-bond acceptors (Lipinski definition) is 7. The Morgan fingerprint density at radius 1 is 1.21 bits per heavy atom. The molecule has 0 saturated heterocycles. The Morgan fingerprint density at radius 2 is 1.94 bits per heavy atom. The third-order valence-electron chi connectivity index (χ3n) is 5.40. The topological polar surface area (TPSA) is 102 Å². The van der Waals surface area contributed by atoms with Crippen LogP contribution < -0.4 is 14.4 Å². The van der Waals surface area contributed by atoms with Crippen LogP contribution in [0.2, 0.25) is 5.02 Å². The van der Waals surface area contributed by atoms with Crippen molar-refractivity contribution in [1.29, 1.82) is 0 Å². The number of sulfonamides is 1. The van der Waals surface area contributed by atoms with Gasteiger partial charge >= 0.3 is 5.97 Å². The number of amides is 1. The summed E-state index contributed by atoms with van der Waals surface area (Å²) in [5.41, 5.74) is 1.80. The third kappa shape index (κ3) is 5.99. The third-order valence-corrected chi connectivity index (χ3v) is 8.10. The van der Waals surface area contributed by atoms with Crippen LogP contribution in [0, 0.1) is 0 Å². The van der Waals surface area contributed by atoms with Gasteiger partial charge in [0.2, 0.25) is 15.9 Å². The van der Waals surface area contributed by atoms with Gasteiger partial charge in [-0.1, -0.05) is 11.6 Å². The van der Waals surface area contributed by atoms with E-state index in [2.05, 4.69) is 5.32 Å². The fourth-order valence-corrected chi connectivity index (χ4v) is 6.34. The zero-order valence-corrected chi connectivity index (χ0v) is 21.2. The summed E-state index contributed by atoms with van der Waals surface area (Å²) in [7, 11) is -0.790. The number of nitrogens with zero attached hydrogens (tertiary/aromatic N) is 1. The number of esters is 1. The Hall–Kier alpha value is -2.30. The molecule has 8 nitrogen and oxygen atoms in total. The Bertz CT molecular complexity index is 1150. The number of rotatable bonds is 9. The Kier molecular flexibility index (Phi) is 8.25. The molecule has 1 aliphatic carbocycles. The summed E-state index contributed by atoms with van der Waals surface area (Å²) in [4.78, 5) is 26.1. The molecule has 0 spiro atoms. The number of hydrogen-bond donors (Lipinski definition) is 1. The number of carbonyl (C=O) groups is 2. The molecule has 1 N–H and O–H groups in total. The van der Waals surface area contributed by atoms with Gasteiger partial charge in [-0.25, -0.2) is 13.2 Å². The number of anilines is 2. The first-order valence-corrected chi connectivity index (χ1v) is 13.5. The van der Waals surface area contributed by atoms with E-state index in [0.29, 0.717) is 27.0 Å². The van der Waals surface area contributed by atoms with Gasteiger partial charge in [0.15, 0.2) is 0 Å². The highest BCUT2D eigenvalue weighted by Gasteiger charge is 2.27. The number of nitrogens with one attached hydrogen (secondary N) is 1. The molecule has 0 unspecified atom stereocenters. The van der Waals surface area contributed by atoms with Gasteiger partial charge in [-0.05, 0) is 55.9 Å². The highest BCUT2D eigenvalue weighted by atomic mass is 35.5. The van der Waals surface area contributed by atoms with Crippen LogP contribution >= 0.6 is 22.9 Å². The van der Waals surface area contributed by atoms with E-state index in [1.807, 2.05) is 0 Å². The molecule has 0 saturated carbocycles. The number of ether oxygens (including phenoxy) is 2. The lowest BCUT2D eigenvalue weighted by Crippen LogP contribution is -2.31. The molecule has 11 heteroatoms. The van der Waals surface area contributed by atoms with Crippen molar-refractivity contribution < 1.29 is 27.5 Å². The van der Waals surface area contributed by atoms with Gasteiger partial charge in [0.25, 0.3) is 0 Å². The summed E-state index contributed by atoms with van der Waals surface area (Å²) >= 11 is 7.56. The summed E-state index contributed by atoms with van der Waals surface area (Å²) in [6.07, 6.45) is 5.19.